The van der Waals surface area contributed by atoms with Crippen molar-refractivity contribution in [2.75, 3.05) is 0 Å². The average molecular weight is 467 g/mol. The van der Waals surface area contributed by atoms with Crippen molar-refractivity contribution in [1.29, 1.82) is 0 Å². The summed E-state index contributed by atoms with van der Waals surface area (Å²) in [6.07, 6.45) is 14.9. The molecular weight excluding hydrogens is 436 g/mol. The summed E-state index contributed by atoms with van der Waals surface area (Å²) in [6, 6.07) is 17.1. The second-order valence-corrected chi connectivity index (χ2v) is 9.50. The number of aromatic nitrogens is 2. The summed E-state index contributed by atoms with van der Waals surface area (Å²) in [7, 11) is 0. The van der Waals surface area contributed by atoms with Crippen molar-refractivity contribution < 1.29 is 9.59 Å². The molecule has 6 nitrogen and oxygen atoms in total. The molecule has 2 fully saturated rings. The molecule has 0 spiro atoms. The molecular formula is C29H30N4O2. The Morgan fingerprint density at radius 1 is 0.886 bits per heavy atom. The minimum Gasteiger partial charge on any atom is -0.357 e. The van der Waals surface area contributed by atoms with E-state index in [0.717, 1.165) is 36.8 Å². The molecule has 1 aliphatic heterocycles. The highest BCUT2D eigenvalue weighted by Crippen LogP contribution is 2.36. The van der Waals surface area contributed by atoms with E-state index in [2.05, 4.69) is 15.3 Å². The van der Waals surface area contributed by atoms with E-state index in [1.165, 1.54) is 6.42 Å². The van der Waals surface area contributed by atoms with Gasteiger partial charge in [-0.05, 0) is 48.2 Å². The number of ketones is 1. The number of nitrogens with zero attached hydrogens (tertiary/aromatic N) is 3. The Bertz CT molecular complexity index is 1150. The number of hydrogen-bond acceptors (Lipinski definition) is 5. The first-order valence-corrected chi connectivity index (χ1v) is 12.4. The van der Waals surface area contributed by atoms with E-state index in [-0.39, 0.29) is 17.7 Å². The summed E-state index contributed by atoms with van der Waals surface area (Å²) in [5.74, 6) is 0.536. The zero-order chi connectivity index (χ0) is 24.1. The van der Waals surface area contributed by atoms with Gasteiger partial charge in [-0.1, -0.05) is 49.6 Å². The Morgan fingerprint density at radius 3 is 2.03 bits per heavy atom. The molecule has 1 amide bonds. The molecule has 1 saturated carbocycles. The standard InChI is InChI=1S/C29H30N4O2/c34-26(24-7-3-1-4-8-24)19-27-32-29(20-22-11-15-30-16-12-22,21-23-13-17-31-18-14-23)28(35)33(27)25-9-5-2-6-10-25/h1,3-4,7-8,11-19,25,32H,2,5-6,9-10,20-21H2/b27-19+. The predicted molar refractivity (Wildman–Crippen MR) is 134 cm³/mol. The van der Waals surface area contributed by atoms with Gasteiger partial charge < -0.3 is 5.32 Å². The fraction of sp³-hybridized carbons (Fsp3) is 0.310. The van der Waals surface area contributed by atoms with Gasteiger partial charge in [0, 0.05) is 55.3 Å². The Morgan fingerprint density at radius 2 is 1.46 bits per heavy atom. The number of nitrogens with one attached hydrogen (secondary N) is 1. The summed E-state index contributed by atoms with van der Waals surface area (Å²) >= 11 is 0. The third-order valence-corrected chi connectivity index (χ3v) is 7.03. The van der Waals surface area contributed by atoms with Crippen molar-refractivity contribution in [3.05, 3.63) is 108 Å². The van der Waals surface area contributed by atoms with Crippen LogP contribution in [0.3, 0.4) is 0 Å². The number of allylic oxidation sites excluding steroid dienone is 1. The fourth-order valence-corrected chi connectivity index (χ4v) is 5.32. The molecule has 178 valence electrons. The highest BCUT2D eigenvalue weighted by molar-refractivity contribution is 6.06. The van der Waals surface area contributed by atoms with E-state index in [4.69, 9.17) is 0 Å². The van der Waals surface area contributed by atoms with Crippen molar-refractivity contribution >= 4 is 11.7 Å². The van der Waals surface area contributed by atoms with Crippen LogP contribution in [0.15, 0.2) is 91.3 Å². The molecule has 1 aliphatic carbocycles. The van der Waals surface area contributed by atoms with Crippen LogP contribution >= 0.6 is 0 Å². The topological polar surface area (TPSA) is 75.2 Å². The monoisotopic (exact) mass is 466 g/mol. The molecule has 1 N–H and O–H groups in total. The molecule has 0 unspecified atom stereocenters. The Kier molecular flexibility index (Phi) is 6.70. The number of pyridine rings is 2. The maximum atomic E-state index is 14.3. The van der Waals surface area contributed by atoms with Crippen LogP contribution in [0.2, 0.25) is 0 Å². The van der Waals surface area contributed by atoms with Crippen molar-refractivity contribution in [2.24, 2.45) is 0 Å². The summed E-state index contributed by atoms with van der Waals surface area (Å²) in [5, 5.41) is 3.58. The lowest BCUT2D eigenvalue weighted by atomic mass is 9.84. The molecule has 5 rings (SSSR count). The van der Waals surface area contributed by atoms with E-state index in [0.29, 0.717) is 24.2 Å². The minimum atomic E-state index is -0.900. The zero-order valence-electron chi connectivity index (χ0n) is 19.8. The van der Waals surface area contributed by atoms with Gasteiger partial charge in [0.2, 0.25) is 0 Å². The van der Waals surface area contributed by atoms with Crippen LogP contribution in [0.25, 0.3) is 0 Å². The number of rotatable bonds is 7. The van der Waals surface area contributed by atoms with E-state index in [9.17, 15) is 9.59 Å². The number of hydrogen-bond donors (Lipinski definition) is 1. The molecule has 0 bridgehead atoms. The second kappa shape index (κ2) is 10.2. The molecule has 1 saturated heterocycles. The van der Waals surface area contributed by atoms with E-state index in [1.807, 2.05) is 59.5 Å². The highest BCUT2D eigenvalue weighted by Gasteiger charge is 2.51. The SMILES string of the molecule is O=C(/C=C1\NC(Cc2ccncc2)(Cc2ccncc2)C(=O)N1C1CCCCC1)c1ccccc1. The summed E-state index contributed by atoms with van der Waals surface area (Å²) < 4.78 is 0. The number of carbonyl (C=O) groups excluding carboxylic acids is 2. The van der Waals surface area contributed by atoms with E-state index in [1.54, 1.807) is 30.9 Å². The third kappa shape index (κ3) is 5.02. The first-order chi connectivity index (χ1) is 17.1. The number of amides is 1. The molecule has 1 aromatic carbocycles. The minimum absolute atomic E-state index is 0.0325. The first kappa shape index (κ1) is 23.0. The molecule has 2 aliphatic rings. The van der Waals surface area contributed by atoms with Gasteiger partial charge >= 0.3 is 0 Å². The summed E-state index contributed by atoms with van der Waals surface area (Å²) in [6.45, 7) is 0. The van der Waals surface area contributed by atoms with Crippen LogP contribution in [0.5, 0.6) is 0 Å². The Balaban J connectivity index is 1.57. The van der Waals surface area contributed by atoms with Gasteiger partial charge in [-0.3, -0.25) is 24.5 Å². The lowest BCUT2D eigenvalue weighted by molar-refractivity contribution is -0.134. The molecule has 3 heterocycles. The highest BCUT2D eigenvalue weighted by atomic mass is 16.2. The van der Waals surface area contributed by atoms with Crippen molar-refractivity contribution in [3.8, 4) is 0 Å². The largest absolute Gasteiger partial charge is 0.357 e. The molecule has 0 atom stereocenters. The van der Waals surface area contributed by atoms with Crippen molar-refractivity contribution in [3.63, 3.8) is 0 Å². The van der Waals surface area contributed by atoms with Gasteiger partial charge in [0.05, 0.1) is 0 Å². The lowest BCUT2D eigenvalue weighted by Crippen LogP contribution is -2.51. The van der Waals surface area contributed by atoms with E-state index < -0.39 is 5.54 Å². The van der Waals surface area contributed by atoms with Crippen LogP contribution in [0.1, 0.15) is 53.6 Å². The summed E-state index contributed by atoms with van der Waals surface area (Å²) in [5.41, 5.74) is 1.75. The Hall–Kier alpha value is -3.80. The van der Waals surface area contributed by atoms with Gasteiger partial charge in [0.1, 0.15) is 11.4 Å². The van der Waals surface area contributed by atoms with Crippen LogP contribution < -0.4 is 5.32 Å². The van der Waals surface area contributed by atoms with Crippen LogP contribution in [-0.4, -0.2) is 38.1 Å². The lowest BCUT2D eigenvalue weighted by Gasteiger charge is -2.32. The smallest absolute Gasteiger partial charge is 0.254 e. The first-order valence-electron chi connectivity index (χ1n) is 12.4. The summed E-state index contributed by atoms with van der Waals surface area (Å²) in [4.78, 5) is 37.7. The maximum Gasteiger partial charge on any atom is 0.254 e. The molecule has 2 aromatic heterocycles. The molecule has 6 heteroatoms. The zero-order valence-corrected chi connectivity index (χ0v) is 19.8. The van der Waals surface area contributed by atoms with Gasteiger partial charge in [-0.25, -0.2) is 0 Å². The maximum absolute atomic E-state index is 14.3. The van der Waals surface area contributed by atoms with Crippen LogP contribution in [0, 0.1) is 0 Å². The van der Waals surface area contributed by atoms with Gasteiger partial charge in [-0.15, -0.1) is 0 Å². The Labute approximate surface area is 206 Å². The van der Waals surface area contributed by atoms with Gasteiger partial charge in [-0.2, -0.15) is 0 Å². The molecule has 0 radical (unpaired) electrons. The third-order valence-electron chi connectivity index (χ3n) is 7.03. The van der Waals surface area contributed by atoms with Crippen molar-refractivity contribution in [1.82, 2.24) is 20.2 Å². The van der Waals surface area contributed by atoms with E-state index >= 15 is 0 Å². The number of benzene rings is 1. The van der Waals surface area contributed by atoms with Crippen LogP contribution in [-0.2, 0) is 17.6 Å². The molecule has 3 aromatic rings. The van der Waals surface area contributed by atoms with Gasteiger partial charge in [0.25, 0.3) is 5.91 Å². The van der Waals surface area contributed by atoms with Crippen LogP contribution in [0.4, 0.5) is 0 Å². The predicted octanol–water partition coefficient (Wildman–Crippen LogP) is 4.49. The second-order valence-electron chi connectivity index (χ2n) is 9.50. The fourth-order valence-electron chi connectivity index (χ4n) is 5.32. The normalized spacial score (nSPS) is 19.0. The number of carbonyl (C=O) groups is 2. The quantitative estimate of drug-likeness (QED) is 0.410. The van der Waals surface area contributed by atoms with Gasteiger partial charge in [0.15, 0.2) is 5.78 Å². The molecule has 35 heavy (non-hydrogen) atoms. The average Bonchev–Trinajstić information content (AvgIpc) is 3.16. The van der Waals surface area contributed by atoms with Crippen molar-refractivity contribution in [2.45, 2.75) is 56.5 Å².